The van der Waals surface area contributed by atoms with Crippen LogP contribution in [0.5, 0.6) is 0 Å². The predicted octanol–water partition coefficient (Wildman–Crippen LogP) is 0.911. The van der Waals surface area contributed by atoms with Crippen molar-refractivity contribution < 1.29 is 4.79 Å². The molecule has 2 aromatic rings. The fourth-order valence-electron chi connectivity index (χ4n) is 0.976. The summed E-state index contributed by atoms with van der Waals surface area (Å²) in [6.07, 6.45) is 7.50. The molecule has 2 N–H and O–H groups in total. The van der Waals surface area contributed by atoms with Gasteiger partial charge < -0.3 is 0 Å². The Hall–Kier alpha value is -2.57. The van der Waals surface area contributed by atoms with Crippen molar-refractivity contribution in [3.63, 3.8) is 0 Å². The number of nitrogens with one attached hydrogen (secondary N) is 2. The fraction of sp³-hybridized carbons (Fsp3) is 0. The third-order valence-electron chi connectivity index (χ3n) is 1.60. The van der Waals surface area contributed by atoms with E-state index in [0.29, 0.717) is 5.82 Å². The minimum atomic E-state index is -0.466. The van der Waals surface area contributed by atoms with E-state index in [-0.39, 0.29) is 5.95 Å². The van der Waals surface area contributed by atoms with E-state index in [1.54, 1.807) is 6.07 Å². The Morgan fingerprint density at radius 2 is 1.81 bits per heavy atom. The molecular weight excluding hydrogens is 208 g/mol. The van der Waals surface area contributed by atoms with Crippen molar-refractivity contribution in [2.24, 2.45) is 0 Å². The van der Waals surface area contributed by atoms with Crippen LogP contribution in [0.3, 0.4) is 0 Å². The van der Waals surface area contributed by atoms with Gasteiger partial charge in [0.2, 0.25) is 5.95 Å². The highest BCUT2D eigenvalue weighted by Gasteiger charge is 2.03. The lowest BCUT2D eigenvalue weighted by Gasteiger charge is -2.03. The highest BCUT2D eigenvalue weighted by molar-refractivity contribution is 5.97. The number of amides is 2. The molecule has 0 bridgehead atoms. The number of rotatable bonds is 2. The molecule has 0 radical (unpaired) electrons. The molecule has 7 nitrogen and oxygen atoms in total. The smallest absolute Gasteiger partial charge is 0.291 e. The minimum absolute atomic E-state index is 0.226. The molecule has 0 aliphatic heterocycles. The standard InChI is InChI=1S/C9H8N6O/c16-9(14-7-6-10-4-5-11-7)15-8-12-2-1-3-13-8/h1-6H,(H2,11,12,13,14,15,16). The first kappa shape index (κ1) is 9.97. The van der Waals surface area contributed by atoms with Crippen LogP contribution in [0.2, 0.25) is 0 Å². The Morgan fingerprint density at radius 1 is 1.00 bits per heavy atom. The van der Waals surface area contributed by atoms with Crippen molar-refractivity contribution in [3.8, 4) is 0 Å². The first-order chi connectivity index (χ1) is 7.84. The molecular formula is C9H8N6O. The van der Waals surface area contributed by atoms with Gasteiger partial charge in [-0.15, -0.1) is 0 Å². The van der Waals surface area contributed by atoms with E-state index >= 15 is 0 Å². The van der Waals surface area contributed by atoms with Gasteiger partial charge in [-0.05, 0) is 6.07 Å². The molecule has 2 rings (SSSR count). The molecule has 2 aromatic heterocycles. The molecule has 0 saturated carbocycles. The maximum Gasteiger partial charge on any atom is 0.327 e. The summed E-state index contributed by atoms with van der Waals surface area (Å²) in [6.45, 7) is 0. The molecule has 0 aliphatic carbocycles. The van der Waals surface area contributed by atoms with Gasteiger partial charge in [0.25, 0.3) is 0 Å². The zero-order valence-electron chi connectivity index (χ0n) is 8.16. The highest BCUT2D eigenvalue weighted by Crippen LogP contribution is 1.99. The first-order valence-electron chi connectivity index (χ1n) is 4.45. The third-order valence-corrected chi connectivity index (χ3v) is 1.60. The second-order valence-electron chi connectivity index (χ2n) is 2.74. The lowest BCUT2D eigenvalue weighted by molar-refractivity contribution is 0.262. The van der Waals surface area contributed by atoms with Crippen molar-refractivity contribution in [2.45, 2.75) is 0 Å². The molecule has 0 fully saturated rings. The van der Waals surface area contributed by atoms with Gasteiger partial charge in [0.1, 0.15) is 0 Å². The predicted molar refractivity (Wildman–Crippen MR) is 56.7 cm³/mol. The van der Waals surface area contributed by atoms with Gasteiger partial charge in [-0.3, -0.25) is 15.6 Å². The average molecular weight is 216 g/mol. The number of hydrogen-bond donors (Lipinski definition) is 2. The SMILES string of the molecule is O=C(Nc1cnccn1)Nc1ncccn1. The van der Waals surface area contributed by atoms with E-state index in [0.717, 1.165) is 0 Å². The van der Waals surface area contributed by atoms with Gasteiger partial charge in [-0.1, -0.05) is 0 Å². The zero-order chi connectivity index (χ0) is 11.2. The van der Waals surface area contributed by atoms with Crippen LogP contribution in [-0.4, -0.2) is 26.0 Å². The number of carbonyl (C=O) groups is 1. The summed E-state index contributed by atoms with van der Waals surface area (Å²) in [4.78, 5) is 26.8. The highest BCUT2D eigenvalue weighted by atomic mass is 16.2. The van der Waals surface area contributed by atoms with Gasteiger partial charge in [0.05, 0.1) is 6.20 Å². The maximum absolute atomic E-state index is 11.4. The van der Waals surface area contributed by atoms with E-state index in [1.165, 1.54) is 31.0 Å². The summed E-state index contributed by atoms with van der Waals surface area (Å²) in [7, 11) is 0. The number of nitrogens with zero attached hydrogens (tertiary/aromatic N) is 4. The summed E-state index contributed by atoms with van der Waals surface area (Å²) in [5.74, 6) is 0.583. The summed E-state index contributed by atoms with van der Waals surface area (Å²) in [5.41, 5.74) is 0. The largest absolute Gasteiger partial charge is 0.327 e. The normalized spacial score (nSPS) is 9.50. The molecule has 2 heterocycles. The number of anilines is 2. The monoisotopic (exact) mass is 216 g/mol. The van der Waals surface area contributed by atoms with Gasteiger partial charge in [-0.2, -0.15) is 0 Å². The second-order valence-corrected chi connectivity index (χ2v) is 2.74. The lowest BCUT2D eigenvalue weighted by Crippen LogP contribution is -2.21. The molecule has 0 spiro atoms. The fourth-order valence-corrected chi connectivity index (χ4v) is 0.976. The first-order valence-corrected chi connectivity index (χ1v) is 4.45. The molecule has 2 amide bonds. The zero-order valence-corrected chi connectivity index (χ0v) is 8.16. The molecule has 0 saturated heterocycles. The molecule has 0 atom stereocenters. The van der Waals surface area contributed by atoms with Crippen LogP contribution in [0.25, 0.3) is 0 Å². The van der Waals surface area contributed by atoms with E-state index in [4.69, 9.17) is 0 Å². The van der Waals surface area contributed by atoms with Crippen molar-refractivity contribution in [1.29, 1.82) is 0 Å². The minimum Gasteiger partial charge on any atom is -0.291 e. The summed E-state index contributed by atoms with van der Waals surface area (Å²) in [5, 5.41) is 4.94. The topological polar surface area (TPSA) is 92.7 Å². The van der Waals surface area contributed by atoms with Crippen molar-refractivity contribution in [3.05, 3.63) is 37.1 Å². The summed E-state index contributed by atoms with van der Waals surface area (Å²) in [6, 6.07) is 1.19. The van der Waals surface area contributed by atoms with E-state index in [1.807, 2.05) is 0 Å². The molecule has 0 aromatic carbocycles. The quantitative estimate of drug-likeness (QED) is 0.778. The number of urea groups is 1. The van der Waals surface area contributed by atoms with Gasteiger partial charge in [-0.25, -0.2) is 19.7 Å². The summed E-state index contributed by atoms with van der Waals surface area (Å²) >= 11 is 0. The molecule has 7 heteroatoms. The van der Waals surface area contributed by atoms with E-state index in [2.05, 4.69) is 30.6 Å². The van der Waals surface area contributed by atoms with Crippen molar-refractivity contribution >= 4 is 17.8 Å². The van der Waals surface area contributed by atoms with Crippen molar-refractivity contribution in [2.75, 3.05) is 10.6 Å². The average Bonchev–Trinajstić information content (AvgIpc) is 2.31. The maximum atomic E-state index is 11.4. The van der Waals surface area contributed by atoms with Gasteiger partial charge in [0.15, 0.2) is 5.82 Å². The number of aromatic nitrogens is 4. The van der Waals surface area contributed by atoms with Crippen LogP contribution in [0.4, 0.5) is 16.6 Å². The van der Waals surface area contributed by atoms with Gasteiger partial charge in [0, 0.05) is 24.8 Å². The second kappa shape index (κ2) is 4.78. The summed E-state index contributed by atoms with van der Waals surface area (Å²) < 4.78 is 0. The number of carbonyl (C=O) groups excluding carboxylic acids is 1. The molecule has 0 unspecified atom stereocenters. The Morgan fingerprint density at radius 3 is 2.50 bits per heavy atom. The van der Waals surface area contributed by atoms with Crippen LogP contribution in [0.1, 0.15) is 0 Å². The van der Waals surface area contributed by atoms with Gasteiger partial charge >= 0.3 is 6.03 Å². The molecule has 0 aliphatic rings. The van der Waals surface area contributed by atoms with E-state index in [9.17, 15) is 4.79 Å². The van der Waals surface area contributed by atoms with Crippen molar-refractivity contribution in [1.82, 2.24) is 19.9 Å². The third kappa shape index (κ3) is 2.71. The van der Waals surface area contributed by atoms with E-state index < -0.39 is 6.03 Å². The Bertz CT molecular complexity index is 416. The van der Waals surface area contributed by atoms with Crippen LogP contribution in [-0.2, 0) is 0 Å². The number of hydrogen-bond acceptors (Lipinski definition) is 5. The van der Waals surface area contributed by atoms with Crippen LogP contribution in [0.15, 0.2) is 37.1 Å². The molecule has 16 heavy (non-hydrogen) atoms. The Kier molecular flexibility index (Phi) is 2.98. The van der Waals surface area contributed by atoms with Crippen LogP contribution in [0, 0.1) is 0 Å². The Labute approximate surface area is 91.0 Å². The Balaban J connectivity index is 1.95. The van der Waals surface area contributed by atoms with Crippen LogP contribution >= 0.6 is 0 Å². The van der Waals surface area contributed by atoms with Crippen LogP contribution < -0.4 is 10.6 Å². The lowest BCUT2D eigenvalue weighted by atomic mass is 10.6. The molecule has 80 valence electrons.